The minimum Gasteiger partial charge on any atom is -0.368 e. The lowest BCUT2D eigenvalue weighted by atomic mass is 10.4. The van der Waals surface area contributed by atoms with Crippen LogP contribution in [0, 0.1) is 0 Å². The van der Waals surface area contributed by atoms with Gasteiger partial charge in [-0.05, 0) is 12.8 Å². The van der Waals surface area contributed by atoms with Crippen molar-refractivity contribution in [2.75, 3.05) is 17.6 Å². The van der Waals surface area contributed by atoms with Crippen molar-refractivity contribution < 1.29 is 4.79 Å². The van der Waals surface area contributed by atoms with Gasteiger partial charge in [0, 0.05) is 6.04 Å². The van der Waals surface area contributed by atoms with Gasteiger partial charge < -0.3 is 16.4 Å². The molecule has 8 nitrogen and oxygen atoms in total. The second kappa shape index (κ2) is 4.13. The quantitative estimate of drug-likeness (QED) is 0.584. The van der Waals surface area contributed by atoms with Crippen LogP contribution in [-0.2, 0) is 4.79 Å². The lowest BCUT2D eigenvalue weighted by molar-refractivity contribution is -0.119. The van der Waals surface area contributed by atoms with Crippen molar-refractivity contribution in [2.24, 2.45) is 0 Å². The number of hydrogen-bond acceptors (Lipinski definition) is 6. The van der Waals surface area contributed by atoms with Gasteiger partial charge in [0.05, 0.1) is 18.1 Å². The predicted octanol–water partition coefficient (Wildman–Crippen LogP) is -0.374. The van der Waals surface area contributed by atoms with Gasteiger partial charge in [-0.15, -0.1) is 0 Å². The maximum atomic E-state index is 11.6. The largest absolute Gasteiger partial charge is 0.368 e. The van der Waals surface area contributed by atoms with E-state index in [9.17, 15) is 4.79 Å². The first-order valence-corrected chi connectivity index (χ1v) is 5.72. The van der Waals surface area contributed by atoms with Gasteiger partial charge in [-0.2, -0.15) is 15.1 Å². The Bertz CT molecular complexity index is 589. The van der Waals surface area contributed by atoms with Crippen molar-refractivity contribution in [3.63, 3.8) is 0 Å². The summed E-state index contributed by atoms with van der Waals surface area (Å²) in [6.45, 7) is 0.160. The average Bonchev–Trinajstić information content (AvgIpc) is 3.01. The van der Waals surface area contributed by atoms with E-state index in [-0.39, 0.29) is 18.4 Å². The Labute approximate surface area is 102 Å². The van der Waals surface area contributed by atoms with E-state index in [4.69, 9.17) is 5.73 Å². The number of aromatic nitrogens is 4. The number of amides is 1. The van der Waals surface area contributed by atoms with Crippen LogP contribution in [-0.4, -0.2) is 38.7 Å². The molecule has 0 atom stereocenters. The number of fused-ring (bicyclic) bond motifs is 1. The molecular weight excluding hydrogens is 234 g/mol. The summed E-state index contributed by atoms with van der Waals surface area (Å²) in [6, 6.07) is 0.351. The first-order valence-electron chi connectivity index (χ1n) is 5.72. The normalized spacial score (nSPS) is 14.7. The Kier molecular flexibility index (Phi) is 2.47. The van der Waals surface area contributed by atoms with Gasteiger partial charge in [0.2, 0.25) is 11.9 Å². The first-order chi connectivity index (χ1) is 8.72. The number of aromatic amines is 1. The van der Waals surface area contributed by atoms with Crippen LogP contribution in [0.4, 0.5) is 11.8 Å². The van der Waals surface area contributed by atoms with Crippen LogP contribution in [0.15, 0.2) is 6.20 Å². The highest BCUT2D eigenvalue weighted by atomic mass is 16.2. The number of carbonyl (C=O) groups excluding carboxylic acids is 1. The summed E-state index contributed by atoms with van der Waals surface area (Å²) in [6.07, 6.45) is 3.73. The summed E-state index contributed by atoms with van der Waals surface area (Å²) in [4.78, 5) is 19.6. The lowest BCUT2D eigenvalue weighted by Crippen LogP contribution is -2.31. The predicted molar refractivity (Wildman–Crippen MR) is 65.8 cm³/mol. The van der Waals surface area contributed by atoms with Crippen molar-refractivity contribution in [3.8, 4) is 0 Å². The molecule has 1 fully saturated rings. The highest BCUT2D eigenvalue weighted by Gasteiger charge is 2.23. The molecule has 0 aliphatic heterocycles. The molecule has 2 aromatic heterocycles. The number of nitrogens with two attached hydrogens (primary N) is 1. The number of nitrogen functional groups attached to an aromatic ring is 1. The fourth-order valence-corrected chi connectivity index (χ4v) is 1.66. The SMILES string of the molecule is Nc1nc(NCC(=O)NC2CC2)c2cn[nH]c2n1. The second-order valence-electron chi connectivity index (χ2n) is 4.26. The zero-order valence-electron chi connectivity index (χ0n) is 9.60. The number of anilines is 2. The van der Waals surface area contributed by atoms with Crippen LogP contribution >= 0.6 is 0 Å². The molecule has 18 heavy (non-hydrogen) atoms. The molecule has 1 saturated carbocycles. The molecule has 1 amide bonds. The topological polar surface area (TPSA) is 122 Å². The van der Waals surface area contributed by atoms with Crippen molar-refractivity contribution >= 4 is 28.7 Å². The van der Waals surface area contributed by atoms with Crippen LogP contribution in [0.5, 0.6) is 0 Å². The molecule has 0 saturated heterocycles. The fraction of sp³-hybridized carbons (Fsp3) is 0.400. The zero-order chi connectivity index (χ0) is 12.5. The van der Waals surface area contributed by atoms with Gasteiger partial charge in [0.15, 0.2) is 5.65 Å². The summed E-state index contributed by atoms with van der Waals surface area (Å²) in [7, 11) is 0. The monoisotopic (exact) mass is 247 g/mol. The van der Waals surface area contributed by atoms with E-state index in [1.807, 2.05) is 0 Å². The zero-order valence-corrected chi connectivity index (χ0v) is 9.60. The Balaban J connectivity index is 1.72. The number of carbonyl (C=O) groups is 1. The standard InChI is InChI=1S/C10H13N7O/c11-10-15-8(6-3-13-17-9(6)16-10)12-4-7(18)14-5-1-2-5/h3,5H,1-2,4H2,(H,14,18)(H4,11,12,13,15,16,17). The number of rotatable bonds is 4. The van der Waals surface area contributed by atoms with E-state index in [2.05, 4.69) is 30.8 Å². The van der Waals surface area contributed by atoms with Crippen molar-refractivity contribution in [1.82, 2.24) is 25.5 Å². The molecule has 2 heterocycles. The Morgan fingerprint density at radius 2 is 2.33 bits per heavy atom. The fourth-order valence-electron chi connectivity index (χ4n) is 1.66. The van der Waals surface area contributed by atoms with E-state index >= 15 is 0 Å². The van der Waals surface area contributed by atoms with Gasteiger partial charge >= 0.3 is 0 Å². The van der Waals surface area contributed by atoms with Gasteiger partial charge in [-0.25, -0.2) is 0 Å². The van der Waals surface area contributed by atoms with Crippen molar-refractivity contribution in [2.45, 2.75) is 18.9 Å². The van der Waals surface area contributed by atoms with Gasteiger partial charge in [0.1, 0.15) is 5.82 Å². The highest BCUT2D eigenvalue weighted by molar-refractivity contribution is 5.89. The summed E-state index contributed by atoms with van der Waals surface area (Å²) >= 11 is 0. The Morgan fingerprint density at radius 1 is 1.50 bits per heavy atom. The second-order valence-corrected chi connectivity index (χ2v) is 4.26. The maximum Gasteiger partial charge on any atom is 0.239 e. The maximum absolute atomic E-state index is 11.6. The van der Waals surface area contributed by atoms with Crippen LogP contribution in [0.25, 0.3) is 11.0 Å². The molecule has 3 rings (SSSR count). The summed E-state index contributed by atoms with van der Waals surface area (Å²) in [5.41, 5.74) is 6.12. The molecular formula is C10H13N7O. The van der Waals surface area contributed by atoms with Crippen molar-refractivity contribution in [3.05, 3.63) is 6.20 Å². The molecule has 2 aromatic rings. The third kappa shape index (κ3) is 2.17. The molecule has 1 aliphatic rings. The average molecular weight is 247 g/mol. The third-order valence-electron chi connectivity index (χ3n) is 2.69. The van der Waals surface area contributed by atoms with Crippen molar-refractivity contribution in [1.29, 1.82) is 0 Å². The van der Waals surface area contributed by atoms with E-state index in [0.29, 0.717) is 22.9 Å². The molecule has 0 aromatic carbocycles. The van der Waals surface area contributed by atoms with Crippen LogP contribution in [0.1, 0.15) is 12.8 Å². The molecule has 0 bridgehead atoms. The van der Waals surface area contributed by atoms with E-state index in [1.54, 1.807) is 6.20 Å². The van der Waals surface area contributed by atoms with E-state index < -0.39 is 0 Å². The van der Waals surface area contributed by atoms with E-state index in [1.165, 1.54) is 0 Å². The smallest absolute Gasteiger partial charge is 0.239 e. The lowest BCUT2D eigenvalue weighted by Gasteiger charge is -2.07. The Hall–Kier alpha value is -2.38. The molecule has 1 aliphatic carbocycles. The van der Waals surface area contributed by atoms with Gasteiger partial charge in [0.25, 0.3) is 0 Å². The molecule has 0 unspecified atom stereocenters. The van der Waals surface area contributed by atoms with Gasteiger partial charge in [-0.1, -0.05) is 0 Å². The van der Waals surface area contributed by atoms with Crippen LogP contribution < -0.4 is 16.4 Å². The van der Waals surface area contributed by atoms with Crippen LogP contribution in [0.2, 0.25) is 0 Å². The molecule has 8 heteroatoms. The summed E-state index contributed by atoms with van der Waals surface area (Å²) < 4.78 is 0. The molecule has 94 valence electrons. The molecule has 0 radical (unpaired) electrons. The third-order valence-corrected chi connectivity index (χ3v) is 2.69. The minimum atomic E-state index is -0.0497. The van der Waals surface area contributed by atoms with E-state index in [0.717, 1.165) is 12.8 Å². The molecule has 5 N–H and O–H groups in total. The Morgan fingerprint density at radius 3 is 3.11 bits per heavy atom. The summed E-state index contributed by atoms with van der Waals surface area (Å²) in [5, 5.41) is 13.1. The number of nitrogens with one attached hydrogen (secondary N) is 3. The summed E-state index contributed by atoms with van der Waals surface area (Å²) in [5.74, 6) is 0.598. The minimum absolute atomic E-state index is 0.0497. The first kappa shape index (κ1) is 10.8. The molecule has 0 spiro atoms. The number of nitrogens with zero attached hydrogens (tertiary/aromatic N) is 3. The number of H-pyrrole nitrogens is 1. The van der Waals surface area contributed by atoms with Crippen LogP contribution in [0.3, 0.4) is 0 Å². The van der Waals surface area contributed by atoms with Gasteiger partial charge in [-0.3, -0.25) is 9.89 Å². The highest BCUT2D eigenvalue weighted by Crippen LogP contribution is 2.19. The number of hydrogen-bond donors (Lipinski definition) is 4.